The van der Waals surface area contributed by atoms with Crippen molar-refractivity contribution in [3.8, 4) is 28.7 Å². The molecule has 2 N–H and O–H groups in total. The van der Waals surface area contributed by atoms with Crippen LogP contribution in [0.25, 0.3) is 22.6 Å². The van der Waals surface area contributed by atoms with Crippen LogP contribution in [0.3, 0.4) is 0 Å². The van der Waals surface area contributed by atoms with Gasteiger partial charge in [-0.3, -0.25) is 9.88 Å². The molecule has 2 aromatic carbocycles. The van der Waals surface area contributed by atoms with Crippen LogP contribution in [-0.4, -0.2) is 26.4 Å². The standard InChI is InChI=1S/C26H22N6/c27-13-18-2-1-3-21(12-18)24-9-4-19(14-29-24)16-32-11-10-25-22(17-32)15-30-26(31-25)20-5-7-23(28)8-6-20/h1-9,12,14-15H,10-11,16-17,28H2. The normalized spacial score (nSPS) is 13.3. The molecule has 3 heterocycles. The minimum Gasteiger partial charge on any atom is -0.399 e. The van der Waals surface area contributed by atoms with Gasteiger partial charge in [-0.15, -0.1) is 0 Å². The zero-order valence-electron chi connectivity index (χ0n) is 17.6. The van der Waals surface area contributed by atoms with E-state index in [1.165, 1.54) is 5.56 Å². The third-order valence-corrected chi connectivity index (χ3v) is 5.70. The van der Waals surface area contributed by atoms with Crippen molar-refractivity contribution in [3.63, 3.8) is 0 Å². The van der Waals surface area contributed by atoms with Gasteiger partial charge in [0.05, 0.1) is 23.0 Å². The van der Waals surface area contributed by atoms with Crippen LogP contribution in [0.15, 0.2) is 73.1 Å². The van der Waals surface area contributed by atoms with Gasteiger partial charge in [-0.05, 0) is 48.0 Å². The summed E-state index contributed by atoms with van der Waals surface area (Å²) in [7, 11) is 0. The Morgan fingerprint density at radius 1 is 0.969 bits per heavy atom. The number of rotatable bonds is 4. The van der Waals surface area contributed by atoms with E-state index in [1.807, 2.05) is 60.9 Å². The lowest BCUT2D eigenvalue weighted by atomic mass is 10.1. The molecule has 0 bridgehead atoms. The highest BCUT2D eigenvalue weighted by Crippen LogP contribution is 2.23. The summed E-state index contributed by atoms with van der Waals surface area (Å²) in [6, 6.07) is 21.5. The van der Waals surface area contributed by atoms with E-state index in [0.29, 0.717) is 5.56 Å². The third-order valence-electron chi connectivity index (χ3n) is 5.70. The Kier molecular flexibility index (Phi) is 5.32. The van der Waals surface area contributed by atoms with E-state index >= 15 is 0 Å². The molecule has 32 heavy (non-hydrogen) atoms. The van der Waals surface area contributed by atoms with E-state index in [-0.39, 0.29) is 0 Å². The van der Waals surface area contributed by atoms with E-state index in [2.05, 4.69) is 27.0 Å². The zero-order valence-corrected chi connectivity index (χ0v) is 17.6. The SMILES string of the molecule is N#Cc1cccc(-c2ccc(CN3CCc4nc(-c5ccc(N)cc5)ncc4C3)cn2)c1. The number of fused-ring (bicyclic) bond motifs is 1. The average Bonchev–Trinajstić information content (AvgIpc) is 2.85. The molecule has 0 fully saturated rings. The Morgan fingerprint density at radius 2 is 1.84 bits per heavy atom. The van der Waals surface area contributed by atoms with Crippen molar-refractivity contribution in [2.75, 3.05) is 12.3 Å². The number of nitriles is 1. The summed E-state index contributed by atoms with van der Waals surface area (Å²) >= 11 is 0. The monoisotopic (exact) mass is 418 g/mol. The number of pyridine rings is 1. The Bertz CT molecular complexity index is 1290. The van der Waals surface area contributed by atoms with Crippen LogP contribution in [-0.2, 0) is 19.5 Å². The summed E-state index contributed by atoms with van der Waals surface area (Å²) in [5.41, 5.74) is 13.4. The van der Waals surface area contributed by atoms with Gasteiger partial charge in [0.2, 0.25) is 0 Å². The maximum absolute atomic E-state index is 9.10. The predicted molar refractivity (Wildman–Crippen MR) is 124 cm³/mol. The molecule has 156 valence electrons. The fourth-order valence-electron chi connectivity index (χ4n) is 3.98. The van der Waals surface area contributed by atoms with Gasteiger partial charge in [-0.2, -0.15) is 5.26 Å². The smallest absolute Gasteiger partial charge is 0.159 e. The maximum Gasteiger partial charge on any atom is 0.159 e. The Hall–Kier alpha value is -4.08. The highest BCUT2D eigenvalue weighted by atomic mass is 15.1. The summed E-state index contributed by atoms with van der Waals surface area (Å²) < 4.78 is 0. The zero-order chi connectivity index (χ0) is 21.9. The first-order valence-electron chi connectivity index (χ1n) is 10.6. The van der Waals surface area contributed by atoms with Crippen LogP contribution in [0.2, 0.25) is 0 Å². The molecule has 0 atom stereocenters. The first-order chi connectivity index (χ1) is 15.7. The molecule has 0 saturated carbocycles. The average molecular weight is 419 g/mol. The topological polar surface area (TPSA) is 91.7 Å². The number of hydrogen-bond donors (Lipinski definition) is 1. The van der Waals surface area contributed by atoms with Gasteiger partial charge >= 0.3 is 0 Å². The molecule has 2 aromatic heterocycles. The molecule has 5 rings (SSSR count). The van der Waals surface area contributed by atoms with E-state index in [9.17, 15) is 0 Å². The quantitative estimate of drug-likeness (QED) is 0.499. The molecule has 6 heteroatoms. The van der Waals surface area contributed by atoms with Crippen molar-refractivity contribution in [2.24, 2.45) is 0 Å². The van der Waals surface area contributed by atoms with Crippen molar-refractivity contribution < 1.29 is 0 Å². The molecule has 0 unspecified atom stereocenters. The van der Waals surface area contributed by atoms with Crippen LogP contribution in [0, 0.1) is 11.3 Å². The minimum absolute atomic E-state index is 0.641. The van der Waals surface area contributed by atoms with Crippen LogP contribution in [0.1, 0.15) is 22.4 Å². The molecular formula is C26H22N6. The minimum atomic E-state index is 0.641. The van der Waals surface area contributed by atoms with Crippen LogP contribution in [0.5, 0.6) is 0 Å². The van der Waals surface area contributed by atoms with Gasteiger partial charge in [0.15, 0.2) is 5.82 Å². The van der Waals surface area contributed by atoms with Gasteiger partial charge < -0.3 is 5.73 Å². The summed E-state index contributed by atoms with van der Waals surface area (Å²) in [6.45, 7) is 2.59. The highest BCUT2D eigenvalue weighted by molar-refractivity contribution is 5.61. The highest BCUT2D eigenvalue weighted by Gasteiger charge is 2.19. The van der Waals surface area contributed by atoms with E-state index < -0.39 is 0 Å². The summed E-state index contributed by atoms with van der Waals surface area (Å²) in [5.74, 6) is 0.748. The van der Waals surface area contributed by atoms with Crippen molar-refractivity contribution in [3.05, 3.63) is 95.4 Å². The van der Waals surface area contributed by atoms with E-state index in [1.54, 1.807) is 6.07 Å². The van der Waals surface area contributed by atoms with Crippen molar-refractivity contribution >= 4 is 5.69 Å². The molecular weight excluding hydrogens is 396 g/mol. The van der Waals surface area contributed by atoms with Crippen molar-refractivity contribution in [1.29, 1.82) is 5.26 Å². The van der Waals surface area contributed by atoms with E-state index in [4.69, 9.17) is 16.0 Å². The number of nitrogen functional groups attached to an aromatic ring is 1. The summed E-state index contributed by atoms with van der Waals surface area (Å²) in [6.07, 6.45) is 4.76. The molecule has 0 aliphatic carbocycles. The molecule has 0 spiro atoms. The van der Waals surface area contributed by atoms with Gasteiger partial charge in [0.1, 0.15) is 0 Å². The second kappa shape index (κ2) is 8.58. The van der Waals surface area contributed by atoms with Crippen LogP contribution in [0.4, 0.5) is 5.69 Å². The van der Waals surface area contributed by atoms with Crippen LogP contribution < -0.4 is 5.73 Å². The van der Waals surface area contributed by atoms with Gasteiger partial charge in [0.25, 0.3) is 0 Å². The summed E-state index contributed by atoms with van der Waals surface area (Å²) in [4.78, 5) is 16.4. The van der Waals surface area contributed by atoms with Crippen molar-refractivity contribution in [1.82, 2.24) is 19.9 Å². The predicted octanol–water partition coefficient (Wildman–Crippen LogP) is 4.22. The fraction of sp³-hybridized carbons (Fsp3) is 0.154. The third kappa shape index (κ3) is 4.20. The number of benzene rings is 2. The fourth-order valence-corrected chi connectivity index (χ4v) is 3.98. The lowest BCUT2D eigenvalue weighted by molar-refractivity contribution is 0.242. The molecule has 6 nitrogen and oxygen atoms in total. The second-order valence-corrected chi connectivity index (χ2v) is 7.99. The Morgan fingerprint density at radius 3 is 2.62 bits per heavy atom. The van der Waals surface area contributed by atoms with Crippen molar-refractivity contribution in [2.45, 2.75) is 19.5 Å². The largest absolute Gasteiger partial charge is 0.399 e. The molecule has 4 aromatic rings. The molecule has 1 aliphatic rings. The number of aromatic nitrogens is 3. The summed E-state index contributed by atoms with van der Waals surface area (Å²) in [5, 5.41) is 9.10. The number of hydrogen-bond acceptors (Lipinski definition) is 6. The molecule has 0 amide bonds. The number of anilines is 1. The first kappa shape index (κ1) is 19.9. The lowest BCUT2D eigenvalue weighted by Crippen LogP contribution is -2.31. The Balaban J connectivity index is 1.27. The first-order valence-corrected chi connectivity index (χ1v) is 10.6. The molecule has 0 radical (unpaired) electrons. The van der Waals surface area contributed by atoms with Gasteiger partial charge in [-0.25, -0.2) is 9.97 Å². The number of nitrogens with zero attached hydrogens (tertiary/aromatic N) is 5. The van der Waals surface area contributed by atoms with Crippen LogP contribution >= 0.6 is 0 Å². The Labute approximate surface area is 187 Å². The van der Waals surface area contributed by atoms with E-state index in [0.717, 1.165) is 65.6 Å². The second-order valence-electron chi connectivity index (χ2n) is 7.99. The molecule has 0 saturated heterocycles. The molecule has 1 aliphatic heterocycles. The lowest BCUT2D eigenvalue weighted by Gasteiger charge is -2.28. The van der Waals surface area contributed by atoms with Gasteiger partial charge in [-0.1, -0.05) is 18.2 Å². The maximum atomic E-state index is 9.10. The number of nitrogens with two attached hydrogens (primary N) is 1. The van der Waals surface area contributed by atoms with Gasteiger partial charge in [0, 0.05) is 60.8 Å².